The summed E-state index contributed by atoms with van der Waals surface area (Å²) in [6.07, 6.45) is -0.942. The van der Waals surface area contributed by atoms with E-state index in [1.54, 1.807) is 30.6 Å². The zero-order chi connectivity index (χ0) is 24.6. The van der Waals surface area contributed by atoms with Crippen molar-refractivity contribution in [3.05, 3.63) is 89.5 Å². The van der Waals surface area contributed by atoms with Crippen LogP contribution in [-0.4, -0.2) is 36.6 Å². The minimum Gasteiger partial charge on any atom is -0.368 e. The maximum Gasteiger partial charge on any atom is 0.416 e. The summed E-state index contributed by atoms with van der Waals surface area (Å²) in [7, 11) is 0. The molecule has 1 N–H and O–H groups in total. The SMILES string of the molecule is O=C(NCc1cccnc1)[C@H]1Cc2cc(C(F)(F)F)ccc2N2CCN(c3ccc(F)cc3)C[C@@H]12. The summed E-state index contributed by atoms with van der Waals surface area (Å²) < 4.78 is 53.6. The lowest BCUT2D eigenvalue weighted by Crippen LogP contribution is -2.61. The van der Waals surface area contributed by atoms with Crippen molar-refractivity contribution >= 4 is 17.3 Å². The van der Waals surface area contributed by atoms with E-state index in [9.17, 15) is 22.4 Å². The van der Waals surface area contributed by atoms with Gasteiger partial charge in [-0.1, -0.05) is 6.07 Å². The zero-order valence-corrected chi connectivity index (χ0v) is 18.8. The number of nitrogens with zero attached hydrogens (tertiary/aromatic N) is 3. The summed E-state index contributed by atoms with van der Waals surface area (Å²) in [5, 5.41) is 2.94. The number of amides is 1. The molecule has 3 aromatic rings. The van der Waals surface area contributed by atoms with E-state index in [0.717, 1.165) is 23.0 Å². The lowest BCUT2D eigenvalue weighted by molar-refractivity contribution is -0.137. The highest BCUT2D eigenvalue weighted by Crippen LogP contribution is 2.40. The third-order valence-corrected chi connectivity index (χ3v) is 6.76. The van der Waals surface area contributed by atoms with Crippen LogP contribution in [-0.2, 0) is 23.9 Å². The van der Waals surface area contributed by atoms with Crippen LogP contribution in [0.1, 0.15) is 16.7 Å². The Hall–Kier alpha value is -3.62. The Morgan fingerprint density at radius 1 is 1.09 bits per heavy atom. The van der Waals surface area contributed by atoms with Crippen LogP contribution in [0.2, 0.25) is 0 Å². The fourth-order valence-corrected chi connectivity index (χ4v) is 5.01. The second-order valence-corrected chi connectivity index (χ2v) is 8.91. The first kappa shape index (κ1) is 23.1. The molecule has 1 amide bonds. The van der Waals surface area contributed by atoms with Crippen molar-refractivity contribution in [3.63, 3.8) is 0 Å². The molecule has 182 valence electrons. The summed E-state index contributed by atoms with van der Waals surface area (Å²) in [5.74, 6) is -1.09. The molecule has 9 heteroatoms. The Balaban J connectivity index is 1.44. The van der Waals surface area contributed by atoms with Crippen molar-refractivity contribution in [2.45, 2.75) is 25.2 Å². The fraction of sp³-hybridized carbons (Fsp3) is 0.308. The van der Waals surface area contributed by atoms with Gasteiger partial charge in [-0.3, -0.25) is 9.78 Å². The number of piperazine rings is 1. The predicted octanol–water partition coefficient (Wildman–Crippen LogP) is 4.42. The second kappa shape index (κ2) is 9.20. The lowest BCUT2D eigenvalue weighted by Gasteiger charge is -2.49. The highest BCUT2D eigenvalue weighted by Gasteiger charge is 2.42. The number of carbonyl (C=O) groups is 1. The molecule has 3 heterocycles. The molecule has 5 nitrogen and oxygen atoms in total. The number of halogens is 4. The van der Waals surface area contributed by atoms with Crippen molar-refractivity contribution in [1.29, 1.82) is 0 Å². The maximum atomic E-state index is 13.4. The van der Waals surface area contributed by atoms with E-state index >= 15 is 0 Å². The largest absolute Gasteiger partial charge is 0.416 e. The van der Waals surface area contributed by atoms with Crippen LogP contribution in [0, 0.1) is 11.7 Å². The number of hydrogen-bond acceptors (Lipinski definition) is 4. The quantitative estimate of drug-likeness (QED) is 0.557. The molecule has 5 rings (SSSR count). The van der Waals surface area contributed by atoms with Crippen LogP contribution in [0.3, 0.4) is 0 Å². The first-order chi connectivity index (χ1) is 16.8. The van der Waals surface area contributed by atoms with E-state index in [1.807, 2.05) is 11.0 Å². The van der Waals surface area contributed by atoms with Gasteiger partial charge in [0.15, 0.2) is 0 Å². The third-order valence-electron chi connectivity index (χ3n) is 6.76. The Kier molecular flexibility index (Phi) is 6.08. The van der Waals surface area contributed by atoms with E-state index in [4.69, 9.17) is 0 Å². The number of carbonyl (C=O) groups excluding carboxylic acids is 1. The van der Waals surface area contributed by atoms with Crippen LogP contribution >= 0.6 is 0 Å². The van der Waals surface area contributed by atoms with E-state index in [2.05, 4.69) is 15.2 Å². The number of pyridine rings is 1. The zero-order valence-electron chi connectivity index (χ0n) is 18.8. The number of fused-ring (bicyclic) bond motifs is 3. The Morgan fingerprint density at radius 3 is 2.60 bits per heavy atom. The molecule has 0 unspecified atom stereocenters. The minimum atomic E-state index is -4.45. The summed E-state index contributed by atoms with van der Waals surface area (Å²) in [6.45, 7) is 1.92. The first-order valence-corrected chi connectivity index (χ1v) is 11.4. The molecule has 2 aliphatic heterocycles. The molecule has 35 heavy (non-hydrogen) atoms. The Bertz CT molecular complexity index is 1200. The van der Waals surface area contributed by atoms with Crippen molar-refractivity contribution in [2.24, 2.45) is 5.92 Å². The molecule has 0 bridgehead atoms. The standard InChI is InChI=1S/C26H24F4N4O/c27-20-4-6-21(7-5-20)33-10-11-34-23-8-3-19(26(28,29)30)12-18(23)13-22(24(34)16-33)25(35)32-15-17-2-1-9-31-14-17/h1-9,12,14,22,24H,10-11,13,15-16H2,(H,32,35)/t22-,24-/m0/s1. The van der Waals surface area contributed by atoms with E-state index in [1.165, 1.54) is 24.3 Å². The second-order valence-electron chi connectivity index (χ2n) is 8.91. The number of aromatic nitrogens is 1. The van der Waals surface area contributed by atoms with Crippen LogP contribution in [0.4, 0.5) is 28.9 Å². The topological polar surface area (TPSA) is 48.5 Å². The lowest BCUT2D eigenvalue weighted by atomic mass is 9.82. The average molecular weight is 484 g/mol. The van der Waals surface area contributed by atoms with Gasteiger partial charge in [0, 0.05) is 49.9 Å². The molecule has 2 aromatic carbocycles. The first-order valence-electron chi connectivity index (χ1n) is 11.4. The number of alkyl halides is 3. The highest BCUT2D eigenvalue weighted by molar-refractivity contribution is 5.82. The summed E-state index contributed by atoms with van der Waals surface area (Å²) in [4.78, 5) is 21.6. The van der Waals surface area contributed by atoms with Crippen LogP contribution in [0.5, 0.6) is 0 Å². The van der Waals surface area contributed by atoms with E-state index in [-0.39, 0.29) is 30.7 Å². The number of benzene rings is 2. The highest BCUT2D eigenvalue weighted by atomic mass is 19.4. The Labute approximate surface area is 200 Å². The van der Waals surface area contributed by atoms with E-state index in [0.29, 0.717) is 25.2 Å². The van der Waals surface area contributed by atoms with E-state index < -0.39 is 17.7 Å². The predicted molar refractivity (Wildman–Crippen MR) is 124 cm³/mol. The molecular formula is C26H24F4N4O. The monoisotopic (exact) mass is 484 g/mol. The van der Waals surface area contributed by atoms with Gasteiger partial charge < -0.3 is 15.1 Å². The maximum absolute atomic E-state index is 13.4. The van der Waals surface area contributed by atoms with Crippen molar-refractivity contribution < 1.29 is 22.4 Å². The third kappa shape index (κ3) is 4.80. The number of nitrogens with one attached hydrogen (secondary N) is 1. The molecule has 1 fully saturated rings. The van der Waals surface area contributed by atoms with Crippen molar-refractivity contribution in [2.75, 3.05) is 29.4 Å². The van der Waals surface area contributed by atoms with Gasteiger partial charge in [-0.15, -0.1) is 0 Å². The number of anilines is 2. The number of hydrogen-bond donors (Lipinski definition) is 1. The smallest absolute Gasteiger partial charge is 0.368 e. The summed E-state index contributed by atoms with van der Waals surface area (Å²) >= 11 is 0. The van der Waals surface area contributed by atoms with Gasteiger partial charge in [-0.2, -0.15) is 13.2 Å². The molecule has 1 saturated heterocycles. The van der Waals surface area contributed by atoms with Crippen LogP contribution < -0.4 is 15.1 Å². The molecule has 0 saturated carbocycles. The Morgan fingerprint density at radius 2 is 1.89 bits per heavy atom. The van der Waals surface area contributed by atoms with Crippen molar-refractivity contribution in [1.82, 2.24) is 10.3 Å². The van der Waals surface area contributed by atoms with Crippen LogP contribution in [0.15, 0.2) is 67.0 Å². The fourth-order valence-electron chi connectivity index (χ4n) is 5.01. The van der Waals surface area contributed by atoms with Gasteiger partial charge in [0.05, 0.1) is 17.5 Å². The summed E-state index contributed by atoms with van der Waals surface area (Å²) in [6, 6.07) is 13.4. The van der Waals surface area contributed by atoms with Gasteiger partial charge in [0.25, 0.3) is 0 Å². The van der Waals surface area contributed by atoms with Gasteiger partial charge >= 0.3 is 6.18 Å². The molecule has 0 aliphatic carbocycles. The van der Waals surface area contributed by atoms with Crippen LogP contribution in [0.25, 0.3) is 0 Å². The van der Waals surface area contributed by atoms with Crippen molar-refractivity contribution in [3.8, 4) is 0 Å². The van der Waals surface area contributed by atoms with Gasteiger partial charge in [-0.25, -0.2) is 4.39 Å². The molecule has 2 atom stereocenters. The molecule has 1 aromatic heterocycles. The normalized spacial score (nSPS) is 19.7. The molecule has 0 radical (unpaired) electrons. The van der Waals surface area contributed by atoms with Gasteiger partial charge in [0.1, 0.15) is 5.82 Å². The van der Waals surface area contributed by atoms with Gasteiger partial charge in [0.2, 0.25) is 5.91 Å². The number of rotatable bonds is 4. The minimum absolute atomic E-state index is 0.205. The molecule has 2 aliphatic rings. The summed E-state index contributed by atoms with van der Waals surface area (Å²) in [5.41, 5.74) is 2.23. The average Bonchev–Trinajstić information content (AvgIpc) is 2.86. The molecule has 0 spiro atoms. The van der Waals surface area contributed by atoms with Gasteiger partial charge in [-0.05, 0) is 66.1 Å². The molecular weight excluding hydrogens is 460 g/mol.